The molecule has 0 aliphatic carbocycles. The van der Waals surface area contributed by atoms with Crippen LogP contribution in [0.3, 0.4) is 0 Å². The van der Waals surface area contributed by atoms with Crippen LogP contribution in [-0.2, 0) is 0 Å². The van der Waals surface area contributed by atoms with E-state index in [9.17, 15) is 14.9 Å². The lowest BCUT2D eigenvalue weighted by atomic mass is 10.1. The summed E-state index contributed by atoms with van der Waals surface area (Å²) < 4.78 is 13.1. The van der Waals surface area contributed by atoms with Crippen molar-refractivity contribution in [3.8, 4) is 17.1 Å². The zero-order valence-corrected chi connectivity index (χ0v) is 25.9. The van der Waals surface area contributed by atoms with Gasteiger partial charge >= 0.3 is 5.69 Å². The molecule has 0 saturated heterocycles. The molecule has 0 atom stereocenters. The molecule has 0 spiro atoms. The molecule has 6 aromatic carbocycles. The van der Waals surface area contributed by atoms with E-state index >= 15 is 0 Å². The summed E-state index contributed by atoms with van der Waals surface area (Å²) in [5.41, 5.74) is 7.58. The summed E-state index contributed by atoms with van der Waals surface area (Å²) in [5.74, 6) is 0.611. The number of nitro benzene ring substituents is 1. The number of hydrogen-bond acceptors (Lipinski definition) is 5. The van der Waals surface area contributed by atoms with E-state index in [0.29, 0.717) is 39.1 Å². The Morgan fingerprint density at radius 3 is 2.10 bits per heavy atom. The second-order valence-corrected chi connectivity index (χ2v) is 12.2. The van der Waals surface area contributed by atoms with Crippen molar-refractivity contribution in [2.45, 2.75) is 6.92 Å². The maximum absolute atomic E-state index is 14.6. The van der Waals surface area contributed by atoms with Crippen LogP contribution in [0.5, 0.6) is 0 Å². The second kappa shape index (κ2) is 9.79. The Kier molecular flexibility index (Phi) is 5.43. The second-order valence-electron chi connectivity index (χ2n) is 12.2. The molecule has 234 valence electrons. The molecular formula is C39H24N6O4. The maximum atomic E-state index is 14.6. The van der Waals surface area contributed by atoms with Gasteiger partial charge in [-0.1, -0.05) is 60.7 Å². The molecule has 4 heterocycles. The Bertz CT molecular complexity index is 3070. The fourth-order valence-corrected chi connectivity index (χ4v) is 7.28. The highest BCUT2D eigenvalue weighted by molar-refractivity contribution is 6.06. The molecule has 0 aliphatic rings. The first kappa shape index (κ1) is 27.2. The number of nitrogens with zero attached hydrogens (tertiary/aromatic N) is 6. The van der Waals surface area contributed by atoms with Crippen molar-refractivity contribution in [2.24, 2.45) is 0 Å². The number of imidazole rings is 3. The van der Waals surface area contributed by atoms with Crippen LogP contribution in [0, 0.1) is 17.0 Å². The molecule has 0 N–H and O–H groups in total. The van der Waals surface area contributed by atoms with Crippen LogP contribution in [0.15, 0.2) is 137 Å². The van der Waals surface area contributed by atoms with Crippen molar-refractivity contribution in [2.75, 3.05) is 0 Å². The molecule has 0 amide bonds. The topological polar surface area (TPSA) is 105 Å². The molecule has 0 fully saturated rings. The van der Waals surface area contributed by atoms with E-state index in [1.807, 2.05) is 125 Å². The number of benzene rings is 6. The molecule has 10 heteroatoms. The van der Waals surface area contributed by atoms with Crippen molar-refractivity contribution < 1.29 is 9.34 Å². The van der Waals surface area contributed by atoms with Gasteiger partial charge in [0, 0.05) is 22.5 Å². The van der Waals surface area contributed by atoms with Crippen molar-refractivity contribution in [1.82, 2.24) is 23.1 Å². The van der Waals surface area contributed by atoms with Crippen LogP contribution in [0.4, 0.5) is 5.69 Å². The molecule has 0 radical (unpaired) electrons. The normalized spacial score (nSPS) is 12.0. The molecule has 10 aromatic rings. The molecule has 0 saturated carbocycles. The lowest BCUT2D eigenvalue weighted by Crippen LogP contribution is -2.22. The van der Waals surface area contributed by atoms with E-state index in [1.54, 1.807) is 16.7 Å². The highest BCUT2D eigenvalue weighted by Crippen LogP contribution is 2.36. The van der Waals surface area contributed by atoms with E-state index in [-0.39, 0.29) is 11.4 Å². The Balaban J connectivity index is 1.26. The van der Waals surface area contributed by atoms with Crippen LogP contribution < -0.4 is 5.69 Å². The first-order valence-corrected chi connectivity index (χ1v) is 15.8. The number of aromatic nitrogens is 5. The van der Waals surface area contributed by atoms with Gasteiger partial charge in [-0.15, -0.1) is 0 Å². The summed E-state index contributed by atoms with van der Waals surface area (Å²) in [4.78, 5) is 32.0. The van der Waals surface area contributed by atoms with Crippen molar-refractivity contribution in [3.05, 3.63) is 154 Å². The van der Waals surface area contributed by atoms with E-state index in [2.05, 4.69) is 0 Å². The molecular weight excluding hydrogens is 616 g/mol. The fraction of sp³-hybridized carbons (Fsp3) is 0.0256. The van der Waals surface area contributed by atoms with Gasteiger partial charge in [0.2, 0.25) is 5.78 Å². The highest BCUT2D eigenvalue weighted by atomic mass is 16.6. The summed E-state index contributed by atoms with van der Waals surface area (Å²) >= 11 is 0. The number of rotatable bonds is 4. The standard InChI is InChI=1S/C39H24N6O4/c1-23-10-9-13-26-27-20-25(18-19-36(27)49-37(23)26)42-30-15-6-8-17-32(30)44(39(42)46)34-21-28-33(22-35(34)45(47)48)43-31-16-7-5-14-29(31)41(38(43)40-28)24-11-3-2-4-12-24/h2-22H,1H3. The third-order valence-electron chi connectivity index (χ3n) is 9.43. The molecule has 49 heavy (non-hydrogen) atoms. The van der Waals surface area contributed by atoms with Gasteiger partial charge < -0.3 is 4.42 Å². The largest absolute Gasteiger partial charge is 0.456 e. The maximum Gasteiger partial charge on any atom is 0.338 e. The van der Waals surface area contributed by atoms with E-state index in [0.717, 1.165) is 38.6 Å². The van der Waals surface area contributed by atoms with Crippen LogP contribution in [0.1, 0.15) is 5.56 Å². The first-order chi connectivity index (χ1) is 24.0. The predicted octanol–water partition coefficient (Wildman–Crippen LogP) is 8.64. The SMILES string of the molecule is Cc1cccc2c1oc1ccc(-n3c(=O)n(-c4cc5nc6n(-c7ccccc7)c7ccccc7n6c5cc4[N+](=O)[O-])c4ccccc43)cc12. The van der Waals surface area contributed by atoms with Crippen molar-refractivity contribution in [1.29, 1.82) is 0 Å². The number of nitro groups is 1. The Morgan fingerprint density at radius 1 is 0.653 bits per heavy atom. The van der Waals surface area contributed by atoms with Gasteiger partial charge in [-0.25, -0.2) is 9.78 Å². The monoisotopic (exact) mass is 640 g/mol. The molecule has 0 aliphatic heterocycles. The molecule has 4 aromatic heterocycles. The van der Waals surface area contributed by atoms with Gasteiger partial charge in [-0.2, -0.15) is 0 Å². The Hall–Kier alpha value is -6.94. The lowest BCUT2D eigenvalue weighted by molar-refractivity contribution is -0.384. The zero-order valence-electron chi connectivity index (χ0n) is 25.9. The third kappa shape index (κ3) is 3.70. The summed E-state index contributed by atoms with van der Waals surface area (Å²) in [6.07, 6.45) is 0. The fourth-order valence-electron chi connectivity index (χ4n) is 7.28. The molecule has 10 rings (SSSR count). The average molecular weight is 641 g/mol. The number of furan rings is 1. The minimum Gasteiger partial charge on any atom is -0.456 e. The van der Waals surface area contributed by atoms with Gasteiger partial charge in [-0.05, 0) is 73.2 Å². The number of aryl methyl sites for hydroxylation is 1. The van der Waals surface area contributed by atoms with Crippen LogP contribution >= 0.6 is 0 Å². The Morgan fingerprint density at radius 2 is 1.35 bits per heavy atom. The number of fused-ring (bicyclic) bond motifs is 9. The van der Waals surface area contributed by atoms with Gasteiger partial charge in [0.25, 0.3) is 5.69 Å². The predicted molar refractivity (Wildman–Crippen MR) is 191 cm³/mol. The average Bonchev–Trinajstić information content (AvgIpc) is 3.84. The van der Waals surface area contributed by atoms with Crippen LogP contribution in [0.2, 0.25) is 0 Å². The van der Waals surface area contributed by atoms with Crippen LogP contribution in [0.25, 0.3) is 77.9 Å². The third-order valence-corrected chi connectivity index (χ3v) is 9.43. The quantitative estimate of drug-likeness (QED) is 0.141. The summed E-state index contributed by atoms with van der Waals surface area (Å²) in [6, 6.07) is 39.9. The van der Waals surface area contributed by atoms with Gasteiger partial charge in [0.1, 0.15) is 16.9 Å². The number of hydrogen-bond donors (Lipinski definition) is 0. The summed E-state index contributed by atoms with van der Waals surface area (Å²) in [7, 11) is 0. The van der Waals surface area contributed by atoms with Gasteiger partial charge in [-0.3, -0.25) is 28.2 Å². The van der Waals surface area contributed by atoms with Crippen molar-refractivity contribution in [3.63, 3.8) is 0 Å². The van der Waals surface area contributed by atoms with E-state index < -0.39 is 10.6 Å². The van der Waals surface area contributed by atoms with Gasteiger partial charge in [0.05, 0.1) is 43.7 Å². The van der Waals surface area contributed by atoms with E-state index in [4.69, 9.17) is 9.40 Å². The minimum absolute atomic E-state index is 0.138. The first-order valence-electron chi connectivity index (χ1n) is 15.8. The summed E-state index contributed by atoms with van der Waals surface area (Å²) in [5, 5.41) is 14.6. The molecule has 0 unspecified atom stereocenters. The van der Waals surface area contributed by atoms with E-state index in [1.165, 1.54) is 10.6 Å². The van der Waals surface area contributed by atoms with Crippen LogP contribution in [-0.4, -0.2) is 28.0 Å². The van der Waals surface area contributed by atoms with Gasteiger partial charge in [0.15, 0.2) is 0 Å². The molecule has 0 bridgehead atoms. The summed E-state index contributed by atoms with van der Waals surface area (Å²) in [6.45, 7) is 2.00. The lowest BCUT2D eigenvalue weighted by Gasteiger charge is -2.06. The highest BCUT2D eigenvalue weighted by Gasteiger charge is 2.27. The molecule has 10 nitrogen and oxygen atoms in total. The Labute approximate surface area is 276 Å². The zero-order chi connectivity index (χ0) is 33.0. The number of para-hydroxylation sites is 6. The smallest absolute Gasteiger partial charge is 0.338 e. The minimum atomic E-state index is -0.435. The van der Waals surface area contributed by atoms with Crippen molar-refractivity contribution >= 4 is 66.5 Å².